The van der Waals surface area contributed by atoms with Crippen LogP contribution >= 0.6 is 0 Å². The van der Waals surface area contributed by atoms with Gasteiger partial charge in [-0.05, 0) is 37.0 Å². The van der Waals surface area contributed by atoms with Crippen LogP contribution in [0.15, 0.2) is 24.3 Å². The van der Waals surface area contributed by atoms with Crippen molar-refractivity contribution in [3.05, 3.63) is 35.4 Å². The Bertz CT molecular complexity index is 502. The topological polar surface area (TPSA) is 55.4 Å². The molecular weight excluding hydrogens is 290 g/mol. The molecule has 1 fully saturated rings. The van der Waals surface area contributed by atoms with Crippen molar-refractivity contribution in [3.8, 4) is 0 Å². The van der Waals surface area contributed by atoms with Gasteiger partial charge in [0.05, 0.1) is 5.56 Å². The first-order valence-corrected chi connectivity index (χ1v) is 8.74. The smallest absolute Gasteiger partial charge is 0.338 e. The molecule has 126 valence electrons. The van der Waals surface area contributed by atoms with E-state index in [0.29, 0.717) is 5.56 Å². The summed E-state index contributed by atoms with van der Waals surface area (Å²) in [5.74, 6) is -0.644. The molecule has 2 rings (SSSR count). The maximum atomic E-state index is 12.0. The van der Waals surface area contributed by atoms with Gasteiger partial charge in [0.15, 0.2) is 6.61 Å². The second-order valence-electron chi connectivity index (χ2n) is 6.24. The summed E-state index contributed by atoms with van der Waals surface area (Å²) in [4.78, 5) is 23.9. The van der Waals surface area contributed by atoms with E-state index in [1.807, 2.05) is 12.1 Å². The van der Waals surface area contributed by atoms with Crippen molar-refractivity contribution in [1.82, 2.24) is 5.32 Å². The van der Waals surface area contributed by atoms with E-state index in [1.54, 1.807) is 12.1 Å². The van der Waals surface area contributed by atoms with Gasteiger partial charge >= 0.3 is 5.97 Å². The fourth-order valence-corrected chi connectivity index (χ4v) is 2.96. The number of aryl methyl sites for hydroxylation is 1. The zero-order valence-electron chi connectivity index (χ0n) is 14.0. The van der Waals surface area contributed by atoms with Crippen LogP contribution in [-0.2, 0) is 16.0 Å². The van der Waals surface area contributed by atoms with Crippen LogP contribution in [0, 0.1) is 0 Å². The predicted molar refractivity (Wildman–Crippen MR) is 90.4 cm³/mol. The zero-order valence-corrected chi connectivity index (χ0v) is 14.0. The van der Waals surface area contributed by atoms with E-state index < -0.39 is 5.97 Å². The van der Waals surface area contributed by atoms with E-state index in [4.69, 9.17) is 4.74 Å². The van der Waals surface area contributed by atoms with Crippen LogP contribution < -0.4 is 5.32 Å². The van der Waals surface area contributed by atoms with Gasteiger partial charge in [-0.25, -0.2) is 4.79 Å². The molecule has 4 nitrogen and oxygen atoms in total. The molecule has 0 aromatic heterocycles. The molecule has 1 N–H and O–H groups in total. The lowest BCUT2D eigenvalue weighted by Gasteiger charge is -2.20. The van der Waals surface area contributed by atoms with Gasteiger partial charge in [-0.1, -0.05) is 51.2 Å². The molecule has 0 unspecified atom stereocenters. The quantitative estimate of drug-likeness (QED) is 0.844. The number of esters is 1. The minimum Gasteiger partial charge on any atom is -0.452 e. The van der Waals surface area contributed by atoms with Crippen molar-refractivity contribution in [3.63, 3.8) is 0 Å². The molecule has 0 spiro atoms. The van der Waals surface area contributed by atoms with Gasteiger partial charge in [-0.15, -0.1) is 0 Å². The van der Waals surface area contributed by atoms with Crippen molar-refractivity contribution in [2.24, 2.45) is 0 Å². The van der Waals surface area contributed by atoms with Crippen molar-refractivity contribution in [1.29, 1.82) is 0 Å². The van der Waals surface area contributed by atoms with Gasteiger partial charge in [0.2, 0.25) is 0 Å². The highest BCUT2D eigenvalue weighted by Crippen LogP contribution is 2.17. The lowest BCUT2D eigenvalue weighted by atomic mass is 9.97. The fraction of sp³-hybridized carbons (Fsp3) is 0.579. The molecule has 1 amide bonds. The molecule has 0 heterocycles. The Kier molecular flexibility index (Phi) is 7.11. The molecule has 1 saturated carbocycles. The predicted octanol–water partition coefficient (Wildman–Crippen LogP) is 3.63. The Morgan fingerprint density at radius 3 is 2.26 bits per heavy atom. The molecule has 0 saturated heterocycles. The van der Waals surface area contributed by atoms with Crippen molar-refractivity contribution in [2.45, 2.75) is 64.3 Å². The van der Waals surface area contributed by atoms with Crippen LogP contribution in [-0.4, -0.2) is 24.5 Å². The van der Waals surface area contributed by atoms with Crippen LogP contribution in [0.4, 0.5) is 0 Å². The van der Waals surface area contributed by atoms with Crippen LogP contribution in [0.3, 0.4) is 0 Å². The number of carbonyl (C=O) groups is 2. The molecule has 0 bridgehead atoms. The third-order valence-electron chi connectivity index (χ3n) is 4.40. The van der Waals surface area contributed by atoms with E-state index in [0.717, 1.165) is 32.1 Å². The van der Waals surface area contributed by atoms with E-state index in [1.165, 1.54) is 24.8 Å². The van der Waals surface area contributed by atoms with Gasteiger partial charge in [0.25, 0.3) is 5.91 Å². The van der Waals surface area contributed by atoms with Crippen molar-refractivity contribution >= 4 is 11.9 Å². The fourth-order valence-electron chi connectivity index (χ4n) is 2.96. The highest BCUT2D eigenvalue weighted by atomic mass is 16.5. The number of benzene rings is 1. The second-order valence-corrected chi connectivity index (χ2v) is 6.24. The maximum absolute atomic E-state index is 12.0. The molecule has 1 aliphatic rings. The maximum Gasteiger partial charge on any atom is 0.338 e. The van der Waals surface area contributed by atoms with Crippen LogP contribution in [0.25, 0.3) is 0 Å². The summed E-state index contributed by atoms with van der Waals surface area (Å²) < 4.78 is 5.11. The highest BCUT2D eigenvalue weighted by molar-refractivity contribution is 5.91. The molecule has 0 atom stereocenters. The van der Waals surface area contributed by atoms with E-state index >= 15 is 0 Å². The molecule has 1 aromatic rings. The van der Waals surface area contributed by atoms with Gasteiger partial charge in [-0.3, -0.25) is 4.79 Å². The lowest BCUT2D eigenvalue weighted by Crippen LogP contribution is -2.38. The van der Waals surface area contributed by atoms with Gasteiger partial charge < -0.3 is 10.1 Å². The average Bonchev–Trinajstić information content (AvgIpc) is 2.55. The Balaban J connectivity index is 1.75. The summed E-state index contributed by atoms with van der Waals surface area (Å²) in [6, 6.07) is 7.53. The number of carbonyl (C=O) groups excluding carboxylic acids is 2. The van der Waals surface area contributed by atoms with E-state index in [9.17, 15) is 9.59 Å². The minimum absolute atomic E-state index is 0.200. The zero-order chi connectivity index (χ0) is 16.5. The SMILES string of the molecule is CCc1ccc(C(=O)OCC(=O)NC2CCCCCCC2)cc1. The van der Waals surface area contributed by atoms with Crippen molar-refractivity contribution in [2.75, 3.05) is 6.61 Å². The Labute approximate surface area is 138 Å². The summed E-state index contributed by atoms with van der Waals surface area (Å²) in [7, 11) is 0. The average molecular weight is 317 g/mol. The summed E-state index contributed by atoms with van der Waals surface area (Å²) >= 11 is 0. The molecule has 0 radical (unpaired) electrons. The highest BCUT2D eigenvalue weighted by Gasteiger charge is 2.15. The Morgan fingerprint density at radius 2 is 1.65 bits per heavy atom. The number of amides is 1. The number of hydrogen-bond acceptors (Lipinski definition) is 3. The van der Waals surface area contributed by atoms with Crippen molar-refractivity contribution < 1.29 is 14.3 Å². The first kappa shape index (κ1) is 17.5. The second kappa shape index (κ2) is 9.33. The molecule has 1 aromatic carbocycles. The van der Waals surface area contributed by atoms with E-state index in [2.05, 4.69) is 12.2 Å². The Hall–Kier alpha value is -1.84. The molecule has 1 aliphatic carbocycles. The van der Waals surface area contributed by atoms with Gasteiger partial charge in [0, 0.05) is 6.04 Å². The number of hydrogen-bond donors (Lipinski definition) is 1. The molecule has 4 heteroatoms. The Morgan fingerprint density at radius 1 is 1.04 bits per heavy atom. The normalized spacial score (nSPS) is 16.2. The standard InChI is InChI=1S/C19H27NO3/c1-2-15-10-12-16(13-11-15)19(22)23-14-18(21)20-17-8-6-4-3-5-7-9-17/h10-13,17H,2-9,14H2,1H3,(H,20,21). The van der Waals surface area contributed by atoms with E-state index in [-0.39, 0.29) is 18.6 Å². The summed E-state index contributed by atoms with van der Waals surface area (Å²) in [5, 5.41) is 3.00. The van der Waals surface area contributed by atoms with Crippen LogP contribution in [0.5, 0.6) is 0 Å². The largest absolute Gasteiger partial charge is 0.452 e. The summed E-state index contributed by atoms with van der Waals surface area (Å²) in [5.41, 5.74) is 1.66. The lowest BCUT2D eigenvalue weighted by molar-refractivity contribution is -0.125. The third kappa shape index (κ3) is 6.05. The first-order valence-electron chi connectivity index (χ1n) is 8.74. The van der Waals surface area contributed by atoms with Gasteiger partial charge in [-0.2, -0.15) is 0 Å². The number of rotatable bonds is 5. The molecular formula is C19H27NO3. The number of nitrogens with one attached hydrogen (secondary N) is 1. The third-order valence-corrected chi connectivity index (χ3v) is 4.40. The first-order chi connectivity index (χ1) is 11.2. The molecule has 23 heavy (non-hydrogen) atoms. The van der Waals surface area contributed by atoms with Crippen LogP contribution in [0.1, 0.15) is 67.8 Å². The summed E-state index contributed by atoms with van der Waals surface area (Å²) in [6.07, 6.45) is 9.10. The number of ether oxygens (including phenoxy) is 1. The summed E-state index contributed by atoms with van der Waals surface area (Å²) in [6.45, 7) is 1.86. The van der Waals surface area contributed by atoms with Crippen LogP contribution in [0.2, 0.25) is 0 Å². The van der Waals surface area contributed by atoms with Gasteiger partial charge in [0.1, 0.15) is 0 Å². The molecule has 0 aliphatic heterocycles. The monoisotopic (exact) mass is 317 g/mol. The minimum atomic E-state index is -0.444.